The molecule has 0 saturated carbocycles. The molecule has 1 heterocycles. The second-order valence-electron chi connectivity index (χ2n) is 5.73. The van der Waals surface area contributed by atoms with Gasteiger partial charge < -0.3 is 5.11 Å². The Hall–Kier alpha value is -1.10. The number of hydrogen-bond acceptors (Lipinski definition) is 4. The first kappa shape index (κ1) is 13.3. The van der Waals surface area contributed by atoms with Crippen molar-refractivity contribution < 1.29 is 14.8 Å². The molecule has 1 aromatic rings. The van der Waals surface area contributed by atoms with E-state index in [0.717, 1.165) is 16.8 Å². The second-order valence-corrected chi connectivity index (χ2v) is 5.73. The Kier molecular flexibility index (Phi) is 3.13. The summed E-state index contributed by atoms with van der Waals surface area (Å²) >= 11 is 0. The molecule has 0 radical (unpaired) electrons. The third-order valence-electron chi connectivity index (χ3n) is 3.79. The van der Waals surface area contributed by atoms with E-state index in [0.29, 0.717) is 0 Å². The lowest BCUT2D eigenvalue weighted by atomic mass is 9.90. The van der Waals surface area contributed by atoms with Crippen LogP contribution in [0.1, 0.15) is 38.8 Å². The minimum atomic E-state index is -0.405. The van der Waals surface area contributed by atoms with Crippen LogP contribution in [-0.4, -0.2) is 16.3 Å². The van der Waals surface area contributed by atoms with Gasteiger partial charge in [-0.15, -0.1) is 5.23 Å². The van der Waals surface area contributed by atoms with Gasteiger partial charge in [-0.05, 0) is 57.9 Å². The van der Waals surface area contributed by atoms with Gasteiger partial charge in [0.15, 0.2) is 0 Å². The van der Waals surface area contributed by atoms with Crippen molar-refractivity contribution >= 4 is 5.69 Å². The normalized spacial score (nSPS) is 21.3. The van der Waals surface area contributed by atoms with E-state index in [1.54, 1.807) is 0 Å². The zero-order valence-electron chi connectivity index (χ0n) is 11.7. The van der Waals surface area contributed by atoms with Crippen molar-refractivity contribution in [2.24, 2.45) is 0 Å². The van der Waals surface area contributed by atoms with E-state index in [1.807, 2.05) is 52.8 Å². The predicted molar refractivity (Wildman–Crippen MR) is 69.9 cm³/mol. The van der Waals surface area contributed by atoms with Crippen LogP contribution in [0.2, 0.25) is 0 Å². The van der Waals surface area contributed by atoms with Gasteiger partial charge >= 0.3 is 0 Å². The minimum absolute atomic E-state index is 0.0142. The van der Waals surface area contributed by atoms with E-state index in [-0.39, 0.29) is 6.61 Å². The van der Waals surface area contributed by atoms with E-state index >= 15 is 0 Å². The molecule has 1 N–H and O–H groups in total. The molecule has 1 aromatic carbocycles. The van der Waals surface area contributed by atoms with Crippen LogP contribution in [0.3, 0.4) is 0 Å². The van der Waals surface area contributed by atoms with Crippen LogP contribution >= 0.6 is 0 Å². The lowest BCUT2D eigenvalue weighted by Crippen LogP contribution is -2.41. The first-order valence-electron chi connectivity index (χ1n) is 6.15. The molecule has 0 aromatic heterocycles. The van der Waals surface area contributed by atoms with Gasteiger partial charge in [0.25, 0.3) is 0 Å². The first-order valence-corrected chi connectivity index (χ1v) is 6.15. The highest BCUT2D eigenvalue weighted by Crippen LogP contribution is 2.40. The molecular formula is C14H21NO3. The third kappa shape index (κ3) is 2.11. The van der Waals surface area contributed by atoms with Crippen LogP contribution in [0, 0.1) is 6.92 Å². The molecule has 0 atom stereocenters. The van der Waals surface area contributed by atoms with Crippen molar-refractivity contribution in [3.8, 4) is 0 Å². The van der Waals surface area contributed by atoms with E-state index < -0.39 is 11.2 Å². The summed E-state index contributed by atoms with van der Waals surface area (Å²) in [5, 5.41) is 10.7. The van der Waals surface area contributed by atoms with E-state index in [1.165, 1.54) is 5.23 Å². The molecule has 0 spiro atoms. The van der Waals surface area contributed by atoms with Gasteiger partial charge in [0.2, 0.25) is 0 Å². The maximum atomic E-state index is 9.29. The highest BCUT2D eigenvalue weighted by atomic mass is 17.0. The number of aryl methyl sites for hydroxylation is 1. The van der Waals surface area contributed by atoms with Gasteiger partial charge in [-0.1, -0.05) is 6.07 Å². The van der Waals surface area contributed by atoms with Crippen LogP contribution in [-0.2, 0) is 16.3 Å². The maximum Gasteiger partial charge on any atom is 0.124 e. The number of aliphatic hydroxyl groups excluding tert-OH is 1. The van der Waals surface area contributed by atoms with Crippen molar-refractivity contribution in [1.29, 1.82) is 0 Å². The Labute approximate surface area is 108 Å². The van der Waals surface area contributed by atoms with Crippen molar-refractivity contribution in [1.82, 2.24) is 0 Å². The number of rotatable bonds is 2. The molecule has 1 saturated heterocycles. The largest absolute Gasteiger partial charge is 0.392 e. The number of benzene rings is 1. The number of aliphatic hydroxyl groups is 1. The summed E-state index contributed by atoms with van der Waals surface area (Å²) in [5.41, 5.74) is 1.92. The van der Waals surface area contributed by atoms with Crippen molar-refractivity contribution in [3.05, 3.63) is 29.3 Å². The average Bonchev–Trinajstić information content (AvgIpc) is 2.49. The van der Waals surface area contributed by atoms with Gasteiger partial charge in [0.05, 0.1) is 12.3 Å². The van der Waals surface area contributed by atoms with Crippen LogP contribution in [0.25, 0.3) is 0 Å². The molecule has 18 heavy (non-hydrogen) atoms. The van der Waals surface area contributed by atoms with Gasteiger partial charge in [-0.25, -0.2) is 9.68 Å². The Morgan fingerprint density at radius 3 is 2.17 bits per heavy atom. The molecule has 0 amide bonds. The first-order chi connectivity index (χ1) is 8.27. The molecular weight excluding hydrogens is 230 g/mol. The highest BCUT2D eigenvalue weighted by Gasteiger charge is 2.50. The predicted octanol–water partition coefficient (Wildman–Crippen LogP) is 2.73. The summed E-state index contributed by atoms with van der Waals surface area (Å²) in [5.74, 6) is 0. The van der Waals surface area contributed by atoms with Gasteiger partial charge in [-0.2, -0.15) is 0 Å². The summed E-state index contributed by atoms with van der Waals surface area (Å²) in [6.45, 7) is 9.96. The SMILES string of the molecule is Cc1ccc(N2OC(C)(C)C(C)(C)O2)cc1CO. The Bertz CT molecular complexity index is 438. The topological polar surface area (TPSA) is 41.9 Å². The number of hydrogen-bond donors (Lipinski definition) is 1. The average molecular weight is 251 g/mol. The summed E-state index contributed by atoms with van der Waals surface area (Å²) < 4.78 is 0. The molecule has 4 nitrogen and oxygen atoms in total. The van der Waals surface area contributed by atoms with E-state index in [2.05, 4.69) is 0 Å². The number of nitrogens with zero attached hydrogens (tertiary/aromatic N) is 1. The third-order valence-corrected chi connectivity index (χ3v) is 3.79. The zero-order chi connectivity index (χ0) is 13.6. The highest BCUT2D eigenvalue weighted by molar-refractivity contribution is 5.48. The Balaban J connectivity index is 2.30. The fourth-order valence-corrected chi connectivity index (χ4v) is 1.70. The van der Waals surface area contributed by atoms with E-state index in [9.17, 15) is 5.11 Å². The molecule has 1 aliphatic rings. The smallest absolute Gasteiger partial charge is 0.124 e. The molecule has 100 valence electrons. The molecule has 1 fully saturated rings. The van der Waals surface area contributed by atoms with Crippen molar-refractivity contribution in [2.75, 3.05) is 5.23 Å². The minimum Gasteiger partial charge on any atom is -0.392 e. The summed E-state index contributed by atoms with van der Waals surface area (Å²) in [7, 11) is 0. The maximum absolute atomic E-state index is 9.29. The summed E-state index contributed by atoms with van der Waals surface area (Å²) in [6.07, 6.45) is 0. The zero-order valence-corrected chi connectivity index (χ0v) is 11.7. The second kappa shape index (κ2) is 4.23. The van der Waals surface area contributed by atoms with Crippen molar-refractivity contribution in [3.63, 3.8) is 0 Å². The lowest BCUT2D eigenvalue weighted by Gasteiger charge is -2.26. The van der Waals surface area contributed by atoms with Crippen LogP contribution < -0.4 is 5.23 Å². The van der Waals surface area contributed by atoms with Gasteiger partial charge in [0.1, 0.15) is 11.2 Å². The van der Waals surface area contributed by atoms with Gasteiger partial charge in [-0.3, -0.25) is 0 Å². The standard InChI is InChI=1S/C14H21NO3/c1-10-6-7-12(8-11(10)9-16)15-17-13(2,3)14(4,5)18-15/h6-8,16H,9H2,1-5H3. The van der Waals surface area contributed by atoms with E-state index in [4.69, 9.17) is 9.68 Å². The molecule has 0 aliphatic carbocycles. The Morgan fingerprint density at radius 2 is 1.67 bits per heavy atom. The molecule has 2 rings (SSSR count). The molecule has 0 unspecified atom stereocenters. The number of anilines is 1. The molecule has 4 heteroatoms. The summed E-state index contributed by atoms with van der Waals surface area (Å²) in [4.78, 5) is 11.6. The van der Waals surface area contributed by atoms with Crippen molar-refractivity contribution in [2.45, 2.75) is 52.4 Å². The Morgan fingerprint density at radius 1 is 1.11 bits per heavy atom. The van der Waals surface area contributed by atoms with Gasteiger partial charge in [0, 0.05) is 0 Å². The fraction of sp³-hybridized carbons (Fsp3) is 0.571. The van der Waals surface area contributed by atoms with Crippen LogP contribution in [0.15, 0.2) is 18.2 Å². The molecule has 0 bridgehead atoms. The monoisotopic (exact) mass is 251 g/mol. The summed E-state index contributed by atoms with van der Waals surface area (Å²) in [6, 6.07) is 5.75. The lowest BCUT2D eigenvalue weighted by molar-refractivity contribution is -0.0273. The fourth-order valence-electron chi connectivity index (χ4n) is 1.70. The van der Waals surface area contributed by atoms with Crippen LogP contribution in [0.4, 0.5) is 5.69 Å². The van der Waals surface area contributed by atoms with Crippen LogP contribution in [0.5, 0.6) is 0 Å². The quantitative estimate of drug-likeness (QED) is 0.877. The molecule has 1 aliphatic heterocycles.